The molecule has 146 valence electrons. The maximum absolute atomic E-state index is 5.99. The maximum Gasteiger partial charge on any atom is 0.226 e. The minimum Gasteiger partial charge on any atom is -0.368 e. The van der Waals surface area contributed by atoms with Crippen LogP contribution in [0.4, 0.5) is 11.6 Å². The molecule has 0 spiro atoms. The molecule has 10 heteroatoms. The average molecular weight is 461 g/mol. The molecule has 28 heavy (non-hydrogen) atoms. The lowest BCUT2D eigenvalue weighted by Crippen LogP contribution is -2.47. The minimum atomic E-state index is 0.594. The molecular weight excluding hydrogens is 440 g/mol. The van der Waals surface area contributed by atoms with Gasteiger partial charge in [0.1, 0.15) is 10.9 Å². The number of rotatable bonds is 4. The van der Waals surface area contributed by atoms with Crippen LogP contribution >= 0.6 is 27.7 Å². The zero-order valence-corrected chi connectivity index (χ0v) is 18.1. The molecule has 3 aromatic rings. The number of hydrogen-bond acceptors (Lipinski definition) is 8. The van der Waals surface area contributed by atoms with Gasteiger partial charge in [-0.05, 0) is 53.7 Å². The number of benzene rings is 1. The van der Waals surface area contributed by atoms with Crippen LogP contribution in [0.25, 0.3) is 0 Å². The monoisotopic (exact) mass is 460 g/mol. The van der Waals surface area contributed by atoms with Crippen LogP contribution in [0, 0.1) is 13.8 Å². The highest BCUT2D eigenvalue weighted by Gasteiger charge is 2.22. The van der Waals surface area contributed by atoms with Gasteiger partial charge in [-0.1, -0.05) is 18.2 Å². The van der Waals surface area contributed by atoms with Gasteiger partial charge in [-0.25, -0.2) is 14.6 Å². The number of nitrogens with two attached hydrogens (primary N) is 1. The van der Waals surface area contributed by atoms with Gasteiger partial charge in [-0.3, -0.25) is 0 Å². The van der Waals surface area contributed by atoms with Gasteiger partial charge in [0.25, 0.3) is 0 Å². The highest BCUT2D eigenvalue weighted by Crippen LogP contribution is 2.33. The van der Waals surface area contributed by atoms with Gasteiger partial charge in [0.15, 0.2) is 0 Å². The predicted molar refractivity (Wildman–Crippen MR) is 114 cm³/mol. The maximum atomic E-state index is 5.99. The van der Waals surface area contributed by atoms with E-state index in [9.17, 15) is 0 Å². The second-order valence-corrected chi connectivity index (χ2v) is 8.29. The number of nitrogen functional groups attached to an aromatic ring is 1. The normalized spacial score (nSPS) is 14.5. The molecule has 8 nitrogen and oxygen atoms in total. The molecule has 0 bridgehead atoms. The zero-order chi connectivity index (χ0) is 19.7. The van der Waals surface area contributed by atoms with Crippen molar-refractivity contribution in [3.05, 3.63) is 46.3 Å². The van der Waals surface area contributed by atoms with E-state index in [4.69, 9.17) is 10.8 Å². The SMILES string of the molecule is Cc1nc(N2CCN(c3ccccc3)CC2)nc(Sc2nnc(C)n2N)c1Br. The van der Waals surface area contributed by atoms with Gasteiger partial charge in [0, 0.05) is 31.9 Å². The van der Waals surface area contributed by atoms with Crippen molar-refractivity contribution in [1.29, 1.82) is 0 Å². The molecule has 0 unspecified atom stereocenters. The summed E-state index contributed by atoms with van der Waals surface area (Å²) in [5, 5.41) is 9.50. The molecule has 4 rings (SSSR count). The quantitative estimate of drug-likeness (QED) is 0.469. The number of anilines is 2. The van der Waals surface area contributed by atoms with Crippen molar-refractivity contribution in [3.8, 4) is 0 Å². The fourth-order valence-corrected chi connectivity index (χ4v) is 4.31. The number of nitrogens with zero attached hydrogens (tertiary/aromatic N) is 7. The summed E-state index contributed by atoms with van der Waals surface area (Å²) in [4.78, 5) is 14.1. The van der Waals surface area contributed by atoms with E-state index in [0.29, 0.717) is 11.0 Å². The summed E-state index contributed by atoms with van der Waals surface area (Å²) < 4.78 is 2.32. The van der Waals surface area contributed by atoms with Crippen LogP contribution in [0.1, 0.15) is 11.5 Å². The van der Waals surface area contributed by atoms with Crippen molar-refractivity contribution in [2.45, 2.75) is 24.0 Å². The van der Waals surface area contributed by atoms with Crippen LogP contribution in [-0.2, 0) is 0 Å². The summed E-state index contributed by atoms with van der Waals surface area (Å²) in [6, 6.07) is 10.5. The third-order valence-electron chi connectivity index (χ3n) is 4.68. The highest BCUT2D eigenvalue weighted by molar-refractivity contribution is 9.10. The Balaban J connectivity index is 1.52. The first kappa shape index (κ1) is 19.0. The van der Waals surface area contributed by atoms with Gasteiger partial charge < -0.3 is 15.6 Å². The van der Waals surface area contributed by atoms with Crippen molar-refractivity contribution in [3.63, 3.8) is 0 Å². The van der Waals surface area contributed by atoms with E-state index >= 15 is 0 Å². The molecule has 2 aromatic heterocycles. The van der Waals surface area contributed by atoms with E-state index in [0.717, 1.165) is 47.3 Å². The highest BCUT2D eigenvalue weighted by atomic mass is 79.9. The van der Waals surface area contributed by atoms with E-state index in [1.807, 2.05) is 19.9 Å². The Hall–Kier alpha value is -2.33. The van der Waals surface area contributed by atoms with Crippen molar-refractivity contribution in [2.75, 3.05) is 41.8 Å². The fraction of sp³-hybridized carbons (Fsp3) is 0.333. The summed E-state index contributed by atoms with van der Waals surface area (Å²) in [7, 11) is 0. The Labute approximate surface area is 176 Å². The Kier molecular flexibility index (Phi) is 5.40. The van der Waals surface area contributed by atoms with Crippen molar-refractivity contribution in [2.24, 2.45) is 0 Å². The molecule has 1 aliphatic rings. The van der Waals surface area contributed by atoms with Gasteiger partial charge in [-0.2, -0.15) is 0 Å². The molecule has 0 saturated carbocycles. The molecular formula is C18H21BrN8S. The molecule has 1 aliphatic heterocycles. The van der Waals surface area contributed by atoms with Crippen LogP contribution < -0.4 is 15.6 Å². The molecule has 3 heterocycles. The van der Waals surface area contributed by atoms with Crippen LogP contribution in [0.2, 0.25) is 0 Å². The third kappa shape index (κ3) is 3.79. The largest absolute Gasteiger partial charge is 0.368 e. The number of piperazine rings is 1. The summed E-state index contributed by atoms with van der Waals surface area (Å²) in [6.45, 7) is 7.38. The summed E-state index contributed by atoms with van der Waals surface area (Å²) in [6.07, 6.45) is 0. The van der Waals surface area contributed by atoms with Crippen molar-refractivity contribution < 1.29 is 0 Å². The molecule has 0 amide bonds. The molecule has 0 aliphatic carbocycles. The molecule has 1 aromatic carbocycles. The first-order valence-electron chi connectivity index (χ1n) is 8.97. The Morgan fingerprint density at radius 2 is 1.64 bits per heavy atom. The lowest BCUT2D eigenvalue weighted by Gasteiger charge is -2.36. The zero-order valence-electron chi connectivity index (χ0n) is 15.7. The second kappa shape index (κ2) is 7.96. The number of aromatic nitrogens is 5. The van der Waals surface area contributed by atoms with Crippen LogP contribution in [-0.4, -0.2) is 51.0 Å². The fourth-order valence-electron chi connectivity index (χ4n) is 3.04. The van der Waals surface area contributed by atoms with Crippen LogP contribution in [0.5, 0.6) is 0 Å². The standard InChI is InChI=1S/C18H21BrN8S/c1-12-15(19)16(28-18-24-23-13(2)27(18)20)22-17(21-12)26-10-8-25(9-11-26)14-6-4-3-5-7-14/h3-7H,8-11,20H2,1-2H3. The number of aryl methyl sites for hydroxylation is 2. The van der Waals surface area contributed by atoms with E-state index in [1.54, 1.807) is 0 Å². The van der Waals surface area contributed by atoms with E-state index in [-0.39, 0.29) is 0 Å². The summed E-state index contributed by atoms with van der Waals surface area (Å²) in [5.74, 6) is 7.37. The van der Waals surface area contributed by atoms with Crippen molar-refractivity contribution in [1.82, 2.24) is 24.8 Å². The lowest BCUT2D eigenvalue weighted by molar-refractivity contribution is 0.635. The predicted octanol–water partition coefficient (Wildman–Crippen LogP) is 2.64. The number of halogens is 1. The first-order valence-corrected chi connectivity index (χ1v) is 10.6. The minimum absolute atomic E-state index is 0.594. The smallest absolute Gasteiger partial charge is 0.226 e. The summed E-state index contributed by atoms with van der Waals surface area (Å²) >= 11 is 4.98. The second-order valence-electron chi connectivity index (χ2n) is 6.54. The molecule has 0 atom stereocenters. The van der Waals surface area contributed by atoms with Crippen LogP contribution in [0.3, 0.4) is 0 Å². The van der Waals surface area contributed by atoms with Gasteiger partial charge in [-0.15, -0.1) is 10.2 Å². The third-order valence-corrected chi connectivity index (χ3v) is 6.84. The average Bonchev–Trinajstić information content (AvgIpc) is 3.04. The molecule has 2 N–H and O–H groups in total. The van der Waals surface area contributed by atoms with Gasteiger partial charge in [0.2, 0.25) is 11.1 Å². The van der Waals surface area contributed by atoms with E-state index in [1.165, 1.54) is 22.1 Å². The first-order chi connectivity index (χ1) is 13.5. The molecule has 1 saturated heterocycles. The molecule has 1 fully saturated rings. The topological polar surface area (TPSA) is 89.0 Å². The number of para-hydroxylation sites is 1. The number of hydrogen-bond donors (Lipinski definition) is 1. The van der Waals surface area contributed by atoms with E-state index < -0.39 is 0 Å². The van der Waals surface area contributed by atoms with Crippen LogP contribution in [0.15, 0.2) is 45.0 Å². The van der Waals surface area contributed by atoms with E-state index in [2.05, 4.69) is 65.2 Å². The lowest BCUT2D eigenvalue weighted by atomic mass is 10.2. The Bertz CT molecular complexity index is 969. The Morgan fingerprint density at radius 3 is 2.29 bits per heavy atom. The van der Waals surface area contributed by atoms with Gasteiger partial charge >= 0.3 is 0 Å². The van der Waals surface area contributed by atoms with Crippen molar-refractivity contribution >= 4 is 39.3 Å². The molecule has 0 radical (unpaired) electrons. The Morgan fingerprint density at radius 1 is 0.964 bits per heavy atom. The summed E-state index contributed by atoms with van der Waals surface area (Å²) in [5.41, 5.74) is 2.14. The van der Waals surface area contributed by atoms with Gasteiger partial charge in [0.05, 0.1) is 10.2 Å².